The fourth-order valence-corrected chi connectivity index (χ4v) is 3.30. The van der Waals surface area contributed by atoms with Crippen LogP contribution >= 0.6 is 11.8 Å². The van der Waals surface area contributed by atoms with E-state index in [-0.39, 0.29) is 11.5 Å². The van der Waals surface area contributed by atoms with Gasteiger partial charge in [0.05, 0.1) is 6.61 Å². The fraction of sp³-hybridized carbons (Fsp3) is 0.429. The van der Waals surface area contributed by atoms with Gasteiger partial charge in [-0.25, -0.2) is 17.1 Å². The van der Waals surface area contributed by atoms with Crippen LogP contribution in [0.4, 0.5) is 4.39 Å². The maximum atomic E-state index is 14.0. The smallest absolute Gasteiger partial charge is 0.245 e. The maximum absolute atomic E-state index is 14.0. The standard InChI is InChI=1S/C14H18FNO3S2/c1-16(8-10-20-2)21(18,19)14-7-6-12(11-13(14)15)5-3-4-9-17/h6-7,11,17H,4,8-10H2,1-2H3. The number of hydrogen-bond donors (Lipinski definition) is 1. The first-order valence-electron chi connectivity index (χ1n) is 6.28. The van der Waals surface area contributed by atoms with E-state index in [1.807, 2.05) is 6.26 Å². The number of sulfonamides is 1. The van der Waals surface area contributed by atoms with Crippen molar-refractivity contribution in [2.45, 2.75) is 11.3 Å². The monoisotopic (exact) mass is 331 g/mol. The molecule has 0 spiro atoms. The molecule has 0 aromatic heterocycles. The lowest BCUT2D eigenvalue weighted by molar-refractivity contribution is 0.305. The quantitative estimate of drug-likeness (QED) is 0.804. The first kappa shape index (κ1) is 18.0. The zero-order valence-electron chi connectivity index (χ0n) is 12.0. The third kappa shape index (κ3) is 5.00. The Morgan fingerprint density at radius 3 is 2.71 bits per heavy atom. The van der Waals surface area contributed by atoms with Crippen molar-refractivity contribution in [3.63, 3.8) is 0 Å². The van der Waals surface area contributed by atoms with Crippen LogP contribution < -0.4 is 0 Å². The van der Waals surface area contributed by atoms with E-state index >= 15 is 0 Å². The summed E-state index contributed by atoms with van der Waals surface area (Å²) < 4.78 is 39.6. The average molecular weight is 331 g/mol. The molecule has 7 heteroatoms. The lowest BCUT2D eigenvalue weighted by Crippen LogP contribution is -2.29. The van der Waals surface area contributed by atoms with Crippen LogP contribution in [0.15, 0.2) is 23.1 Å². The second kappa shape index (κ2) is 8.39. The predicted octanol–water partition coefficient (Wildman–Crippen LogP) is 1.54. The summed E-state index contributed by atoms with van der Waals surface area (Å²) >= 11 is 1.52. The van der Waals surface area contributed by atoms with Crippen LogP contribution in [-0.2, 0) is 10.0 Å². The summed E-state index contributed by atoms with van der Waals surface area (Å²) in [7, 11) is -2.40. The summed E-state index contributed by atoms with van der Waals surface area (Å²) in [6.07, 6.45) is 2.17. The Bertz CT molecular complexity index is 635. The number of aliphatic hydroxyl groups is 1. The molecule has 0 aliphatic rings. The second-order valence-corrected chi connectivity index (χ2v) is 7.24. The SMILES string of the molecule is CSCCN(C)S(=O)(=O)c1ccc(C#CCCO)cc1F. The molecule has 0 heterocycles. The summed E-state index contributed by atoms with van der Waals surface area (Å²) in [6.45, 7) is 0.253. The molecular weight excluding hydrogens is 313 g/mol. The molecule has 0 aliphatic heterocycles. The van der Waals surface area contributed by atoms with Gasteiger partial charge in [-0.3, -0.25) is 0 Å². The van der Waals surface area contributed by atoms with E-state index in [0.717, 1.165) is 10.4 Å². The van der Waals surface area contributed by atoms with E-state index in [1.165, 1.54) is 30.9 Å². The lowest BCUT2D eigenvalue weighted by Gasteiger charge is -2.17. The molecule has 0 fully saturated rings. The molecule has 0 amide bonds. The van der Waals surface area contributed by atoms with Gasteiger partial charge in [0.1, 0.15) is 10.7 Å². The molecule has 0 saturated carbocycles. The van der Waals surface area contributed by atoms with Gasteiger partial charge in [-0.15, -0.1) is 0 Å². The van der Waals surface area contributed by atoms with Gasteiger partial charge in [-0.1, -0.05) is 11.8 Å². The number of thioether (sulfide) groups is 1. The molecular formula is C14H18FNO3S2. The normalized spacial score (nSPS) is 11.3. The fourth-order valence-electron chi connectivity index (χ4n) is 1.52. The highest BCUT2D eigenvalue weighted by atomic mass is 32.2. The van der Waals surface area contributed by atoms with E-state index in [2.05, 4.69) is 11.8 Å². The van der Waals surface area contributed by atoms with Gasteiger partial charge in [0.25, 0.3) is 0 Å². The van der Waals surface area contributed by atoms with Gasteiger partial charge in [0.2, 0.25) is 10.0 Å². The third-order valence-corrected chi connectivity index (χ3v) is 5.18. The molecule has 0 aliphatic carbocycles. The van der Waals surface area contributed by atoms with Crippen molar-refractivity contribution >= 4 is 21.8 Å². The second-order valence-electron chi connectivity index (χ2n) is 4.24. The van der Waals surface area contributed by atoms with E-state index in [9.17, 15) is 12.8 Å². The summed E-state index contributed by atoms with van der Waals surface area (Å²) in [5.74, 6) is 5.15. The Morgan fingerprint density at radius 1 is 1.43 bits per heavy atom. The van der Waals surface area contributed by atoms with E-state index < -0.39 is 15.8 Å². The van der Waals surface area contributed by atoms with Crippen molar-refractivity contribution in [3.8, 4) is 11.8 Å². The Labute approximate surface area is 129 Å². The Morgan fingerprint density at radius 2 is 2.14 bits per heavy atom. The van der Waals surface area contributed by atoms with Crippen LogP contribution in [0.5, 0.6) is 0 Å². The number of rotatable bonds is 6. The largest absolute Gasteiger partial charge is 0.395 e. The van der Waals surface area contributed by atoms with Crippen molar-refractivity contribution in [2.75, 3.05) is 32.2 Å². The Hall–Kier alpha value is -1.07. The maximum Gasteiger partial charge on any atom is 0.245 e. The Balaban J connectivity index is 3.02. The minimum Gasteiger partial charge on any atom is -0.395 e. The molecule has 1 aromatic rings. The summed E-state index contributed by atoms with van der Waals surface area (Å²) in [5.41, 5.74) is 0.381. The third-order valence-electron chi connectivity index (χ3n) is 2.70. The van der Waals surface area contributed by atoms with Crippen LogP contribution in [0, 0.1) is 17.7 Å². The number of benzene rings is 1. The van der Waals surface area contributed by atoms with Gasteiger partial charge in [0, 0.05) is 31.3 Å². The van der Waals surface area contributed by atoms with Crippen molar-refractivity contribution in [1.82, 2.24) is 4.31 Å². The van der Waals surface area contributed by atoms with Gasteiger partial charge >= 0.3 is 0 Å². The minimum atomic E-state index is -3.83. The highest BCUT2D eigenvalue weighted by molar-refractivity contribution is 7.98. The predicted molar refractivity (Wildman–Crippen MR) is 83.2 cm³/mol. The zero-order valence-corrected chi connectivity index (χ0v) is 13.6. The highest BCUT2D eigenvalue weighted by Crippen LogP contribution is 2.19. The number of halogens is 1. The molecule has 1 N–H and O–H groups in total. The molecule has 1 aromatic carbocycles. The van der Waals surface area contributed by atoms with Crippen LogP contribution in [0.3, 0.4) is 0 Å². The first-order chi connectivity index (χ1) is 9.93. The van der Waals surface area contributed by atoms with E-state index in [1.54, 1.807) is 0 Å². The van der Waals surface area contributed by atoms with Gasteiger partial charge in [0.15, 0.2) is 0 Å². The van der Waals surface area contributed by atoms with E-state index in [0.29, 0.717) is 24.3 Å². The number of aliphatic hydroxyl groups excluding tert-OH is 1. The minimum absolute atomic E-state index is 0.0673. The average Bonchev–Trinajstić information content (AvgIpc) is 2.44. The molecule has 1 rings (SSSR count). The van der Waals surface area contributed by atoms with Gasteiger partial charge in [-0.05, 0) is 24.5 Å². The molecule has 116 valence electrons. The number of hydrogen-bond acceptors (Lipinski definition) is 4. The van der Waals surface area contributed by atoms with Crippen molar-refractivity contribution in [1.29, 1.82) is 0 Å². The van der Waals surface area contributed by atoms with Gasteiger partial charge < -0.3 is 5.11 Å². The molecule has 21 heavy (non-hydrogen) atoms. The zero-order chi connectivity index (χ0) is 15.9. The first-order valence-corrected chi connectivity index (χ1v) is 9.11. The summed E-state index contributed by atoms with van der Waals surface area (Å²) in [5, 5.41) is 8.62. The van der Waals surface area contributed by atoms with Crippen molar-refractivity contribution < 1.29 is 17.9 Å². The summed E-state index contributed by atoms with van der Waals surface area (Å²) in [4.78, 5) is -0.348. The molecule has 0 bridgehead atoms. The summed E-state index contributed by atoms with van der Waals surface area (Å²) in [6, 6.07) is 3.78. The van der Waals surface area contributed by atoms with Crippen LogP contribution in [-0.4, -0.2) is 50.0 Å². The molecule has 0 radical (unpaired) electrons. The highest BCUT2D eigenvalue weighted by Gasteiger charge is 2.24. The topological polar surface area (TPSA) is 57.6 Å². The van der Waals surface area contributed by atoms with Gasteiger partial charge in [-0.2, -0.15) is 11.8 Å². The Kier molecular flexibility index (Phi) is 7.18. The molecule has 0 atom stereocenters. The number of nitrogens with zero attached hydrogens (tertiary/aromatic N) is 1. The molecule has 0 unspecified atom stereocenters. The van der Waals surface area contributed by atoms with Crippen LogP contribution in [0.1, 0.15) is 12.0 Å². The molecule has 4 nitrogen and oxygen atoms in total. The molecule has 0 saturated heterocycles. The van der Waals surface area contributed by atoms with Crippen molar-refractivity contribution in [3.05, 3.63) is 29.6 Å². The van der Waals surface area contributed by atoms with Crippen LogP contribution in [0.25, 0.3) is 0 Å². The van der Waals surface area contributed by atoms with E-state index in [4.69, 9.17) is 5.11 Å². The van der Waals surface area contributed by atoms with Crippen molar-refractivity contribution in [2.24, 2.45) is 0 Å². The lowest BCUT2D eigenvalue weighted by atomic mass is 10.2. The van der Waals surface area contributed by atoms with Crippen LogP contribution in [0.2, 0.25) is 0 Å².